The lowest BCUT2D eigenvalue weighted by molar-refractivity contribution is -0.125. The van der Waals surface area contributed by atoms with E-state index in [1.807, 2.05) is 24.3 Å². The monoisotopic (exact) mass is 276 g/mol. The van der Waals surface area contributed by atoms with Crippen LogP contribution in [-0.4, -0.2) is 10.9 Å². The van der Waals surface area contributed by atoms with Crippen LogP contribution in [-0.2, 0) is 11.2 Å². The zero-order valence-electron chi connectivity index (χ0n) is 11.2. The molecule has 1 aromatic carbocycles. The van der Waals surface area contributed by atoms with E-state index in [2.05, 4.69) is 12.2 Å². The normalized spacial score (nSPS) is 16.5. The van der Waals surface area contributed by atoms with Crippen molar-refractivity contribution in [2.24, 2.45) is 11.1 Å². The van der Waals surface area contributed by atoms with E-state index in [0.29, 0.717) is 4.99 Å². The number of nitrogens with two attached hydrogens (primary N) is 1. The molecule has 1 saturated carbocycles. The number of thiocarbonyl (C=S) groups is 1. The number of hydrogen-bond acceptors (Lipinski definition) is 2. The minimum absolute atomic E-state index is 0.0465. The van der Waals surface area contributed by atoms with Crippen LogP contribution < -0.4 is 11.1 Å². The van der Waals surface area contributed by atoms with E-state index < -0.39 is 5.41 Å². The molecule has 102 valence electrons. The summed E-state index contributed by atoms with van der Waals surface area (Å²) in [6.45, 7) is 2.13. The number of aryl methyl sites for hydroxylation is 1. The van der Waals surface area contributed by atoms with Gasteiger partial charge in [0.25, 0.3) is 0 Å². The molecule has 3 nitrogen and oxygen atoms in total. The van der Waals surface area contributed by atoms with E-state index >= 15 is 0 Å². The first-order chi connectivity index (χ1) is 9.10. The Morgan fingerprint density at radius 3 is 2.63 bits per heavy atom. The molecule has 2 rings (SSSR count). The first kappa shape index (κ1) is 14.0. The summed E-state index contributed by atoms with van der Waals surface area (Å²) in [7, 11) is 0. The third kappa shape index (κ3) is 2.63. The highest BCUT2D eigenvalue weighted by molar-refractivity contribution is 7.80. The van der Waals surface area contributed by atoms with Crippen LogP contribution in [0.4, 0.5) is 5.69 Å². The van der Waals surface area contributed by atoms with Crippen LogP contribution in [0, 0.1) is 5.41 Å². The Balaban J connectivity index is 2.17. The molecule has 0 spiro atoms. The Hall–Kier alpha value is -1.42. The number of carbonyl (C=O) groups excluding carboxylic acids is 1. The summed E-state index contributed by atoms with van der Waals surface area (Å²) in [5.74, 6) is -0.0465. The summed E-state index contributed by atoms with van der Waals surface area (Å²) in [5, 5.41) is 3.01. The van der Waals surface area contributed by atoms with Crippen LogP contribution in [0.5, 0.6) is 0 Å². The topological polar surface area (TPSA) is 55.1 Å². The first-order valence-corrected chi connectivity index (χ1v) is 7.20. The van der Waals surface area contributed by atoms with E-state index in [1.54, 1.807) is 0 Å². The first-order valence-electron chi connectivity index (χ1n) is 6.79. The summed E-state index contributed by atoms with van der Waals surface area (Å²) >= 11 is 5.07. The fourth-order valence-corrected chi connectivity index (χ4v) is 2.78. The maximum atomic E-state index is 12.4. The van der Waals surface area contributed by atoms with Gasteiger partial charge < -0.3 is 11.1 Å². The molecular formula is C15H20N2OS. The fourth-order valence-electron chi connectivity index (χ4n) is 2.49. The zero-order valence-corrected chi connectivity index (χ0v) is 12.1. The average molecular weight is 276 g/mol. The van der Waals surface area contributed by atoms with Crippen molar-refractivity contribution in [2.75, 3.05) is 5.32 Å². The molecule has 0 saturated heterocycles. The Labute approximate surface area is 119 Å². The zero-order chi connectivity index (χ0) is 13.9. The van der Waals surface area contributed by atoms with Crippen LogP contribution in [0.25, 0.3) is 0 Å². The highest BCUT2D eigenvalue weighted by atomic mass is 32.1. The van der Waals surface area contributed by atoms with Gasteiger partial charge in [-0.1, -0.05) is 50.2 Å². The smallest absolute Gasteiger partial charge is 0.237 e. The Bertz CT molecular complexity index is 495. The summed E-state index contributed by atoms with van der Waals surface area (Å²) in [5.41, 5.74) is 7.19. The molecule has 1 aliphatic rings. The molecule has 0 radical (unpaired) electrons. The standard InChI is InChI=1S/C15H20N2OS/c1-2-6-11-7-3-4-8-12(11)17-14(18)15(13(16)19)9-5-10-15/h3-4,7-8H,2,5-6,9-10H2,1H3,(H2,16,19)(H,17,18). The van der Waals surface area contributed by atoms with Crippen LogP contribution in [0.15, 0.2) is 24.3 Å². The van der Waals surface area contributed by atoms with Crippen LogP contribution in [0.1, 0.15) is 38.2 Å². The van der Waals surface area contributed by atoms with Crippen molar-refractivity contribution in [1.29, 1.82) is 0 Å². The molecule has 3 N–H and O–H groups in total. The van der Waals surface area contributed by atoms with Gasteiger partial charge in [-0.2, -0.15) is 0 Å². The number of anilines is 1. The Kier molecular flexibility index (Phi) is 4.20. The van der Waals surface area contributed by atoms with Gasteiger partial charge in [-0.3, -0.25) is 4.79 Å². The molecule has 4 heteroatoms. The molecule has 1 aliphatic carbocycles. The van der Waals surface area contributed by atoms with E-state index in [9.17, 15) is 4.79 Å². The second-order valence-corrected chi connectivity index (χ2v) is 5.60. The fraction of sp³-hybridized carbons (Fsp3) is 0.467. The second-order valence-electron chi connectivity index (χ2n) is 5.16. The molecule has 0 aromatic heterocycles. The van der Waals surface area contributed by atoms with Crippen molar-refractivity contribution in [3.63, 3.8) is 0 Å². The molecule has 0 bridgehead atoms. The van der Waals surface area contributed by atoms with Crippen molar-refractivity contribution in [3.05, 3.63) is 29.8 Å². The quantitative estimate of drug-likeness (QED) is 0.813. The van der Waals surface area contributed by atoms with Crippen molar-refractivity contribution in [2.45, 2.75) is 39.0 Å². The minimum Gasteiger partial charge on any atom is -0.392 e. The molecule has 0 atom stereocenters. The van der Waals surface area contributed by atoms with Gasteiger partial charge in [-0.15, -0.1) is 0 Å². The summed E-state index contributed by atoms with van der Waals surface area (Å²) in [6, 6.07) is 7.92. The highest BCUT2D eigenvalue weighted by Crippen LogP contribution is 2.42. The lowest BCUT2D eigenvalue weighted by atomic mass is 9.68. The molecule has 0 heterocycles. The third-order valence-electron chi connectivity index (χ3n) is 3.90. The van der Waals surface area contributed by atoms with Crippen LogP contribution in [0.2, 0.25) is 0 Å². The van der Waals surface area contributed by atoms with Crippen molar-refractivity contribution < 1.29 is 4.79 Å². The molecule has 19 heavy (non-hydrogen) atoms. The van der Waals surface area contributed by atoms with Gasteiger partial charge in [0.2, 0.25) is 5.91 Å². The van der Waals surface area contributed by atoms with Gasteiger partial charge in [0.05, 0.1) is 10.4 Å². The summed E-state index contributed by atoms with van der Waals surface area (Å²) in [6.07, 6.45) is 4.56. The number of nitrogens with one attached hydrogen (secondary N) is 1. The van der Waals surface area contributed by atoms with Crippen molar-refractivity contribution >= 4 is 28.8 Å². The number of para-hydroxylation sites is 1. The predicted molar refractivity (Wildman–Crippen MR) is 82.1 cm³/mol. The molecule has 0 aliphatic heterocycles. The summed E-state index contributed by atoms with van der Waals surface area (Å²) < 4.78 is 0. The largest absolute Gasteiger partial charge is 0.392 e. The van der Waals surface area contributed by atoms with Gasteiger partial charge in [0.1, 0.15) is 0 Å². The molecule has 1 amide bonds. The lowest BCUT2D eigenvalue weighted by Crippen LogP contribution is -2.50. The predicted octanol–water partition coefficient (Wildman–Crippen LogP) is 3.03. The Morgan fingerprint density at radius 1 is 1.42 bits per heavy atom. The van der Waals surface area contributed by atoms with E-state index in [1.165, 1.54) is 0 Å². The van der Waals surface area contributed by atoms with Gasteiger partial charge in [-0.25, -0.2) is 0 Å². The number of rotatable bonds is 5. The Morgan fingerprint density at radius 2 is 2.11 bits per heavy atom. The average Bonchev–Trinajstić information content (AvgIpc) is 2.30. The third-order valence-corrected chi connectivity index (χ3v) is 4.29. The van der Waals surface area contributed by atoms with Crippen LogP contribution >= 0.6 is 12.2 Å². The number of carbonyl (C=O) groups is 1. The molecular weight excluding hydrogens is 256 g/mol. The van der Waals surface area contributed by atoms with Crippen molar-refractivity contribution in [1.82, 2.24) is 0 Å². The lowest BCUT2D eigenvalue weighted by Gasteiger charge is -2.39. The molecule has 1 aromatic rings. The van der Waals surface area contributed by atoms with Crippen LogP contribution in [0.3, 0.4) is 0 Å². The number of amides is 1. The van der Waals surface area contributed by atoms with E-state index in [-0.39, 0.29) is 5.91 Å². The van der Waals surface area contributed by atoms with E-state index in [4.69, 9.17) is 18.0 Å². The molecule has 1 fully saturated rings. The number of hydrogen-bond donors (Lipinski definition) is 2. The van der Waals surface area contributed by atoms with Gasteiger partial charge >= 0.3 is 0 Å². The number of benzene rings is 1. The van der Waals surface area contributed by atoms with Gasteiger partial charge in [0, 0.05) is 5.69 Å². The highest BCUT2D eigenvalue weighted by Gasteiger charge is 2.47. The second kappa shape index (κ2) is 5.70. The summed E-state index contributed by atoms with van der Waals surface area (Å²) in [4.78, 5) is 12.8. The van der Waals surface area contributed by atoms with Crippen molar-refractivity contribution in [3.8, 4) is 0 Å². The van der Waals surface area contributed by atoms with Gasteiger partial charge in [-0.05, 0) is 30.9 Å². The van der Waals surface area contributed by atoms with Gasteiger partial charge in [0.15, 0.2) is 0 Å². The maximum Gasteiger partial charge on any atom is 0.237 e. The van der Waals surface area contributed by atoms with E-state index in [0.717, 1.165) is 43.4 Å². The SMILES string of the molecule is CCCc1ccccc1NC(=O)C1(C(N)=S)CCC1. The maximum absolute atomic E-state index is 12.4. The minimum atomic E-state index is -0.616. The molecule has 0 unspecified atom stereocenters.